The molecule has 0 bridgehead atoms. The van der Waals surface area contributed by atoms with Crippen LogP contribution in [0.15, 0.2) is 30.0 Å². The first kappa shape index (κ1) is 17.2. The van der Waals surface area contributed by atoms with Crippen LogP contribution in [0.1, 0.15) is 49.7 Å². The summed E-state index contributed by atoms with van der Waals surface area (Å²) < 4.78 is 12.0. The highest BCUT2D eigenvalue weighted by Crippen LogP contribution is 2.61. The summed E-state index contributed by atoms with van der Waals surface area (Å²) in [5, 5.41) is 0. The van der Waals surface area contributed by atoms with Crippen molar-refractivity contribution in [1.29, 1.82) is 0 Å². The van der Waals surface area contributed by atoms with Crippen molar-refractivity contribution in [3.05, 3.63) is 41.2 Å². The van der Waals surface area contributed by atoms with E-state index in [0.717, 1.165) is 23.5 Å². The molecule has 3 aliphatic carbocycles. The van der Waals surface area contributed by atoms with E-state index in [1.165, 1.54) is 43.4 Å². The Balaban J connectivity index is 1.61. The fourth-order valence-corrected chi connectivity index (χ4v) is 6.68. The molecule has 4 rings (SSSR count). The van der Waals surface area contributed by atoms with Gasteiger partial charge in [0.1, 0.15) is 5.75 Å². The lowest BCUT2D eigenvalue weighted by molar-refractivity contribution is 0.0506. The van der Waals surface area contributed by atoms with Crippen molar-refractivity contribution in [1.82, 2.24) is 0 Å². The molecule has 0 unspecified atom stereocenters. The Morgan fingerprint density at radius 3 is 2.68 bits per heavy atom. The predicted octanol–water partition coefficient (Wildman–Crippen LogP) is 5.90. The molecule has 0 saturated heterocycles. The largest absolute Gasteiger partial charge is 0.547 e. The second-order valence-corrected chi connectivity index (χ2v) is 13.9. The maximum absolute atomic E-state index is 6.53. The summed E-state index contributed by atoms with van der Waals surface area (Å²) in [5.41, 5.74) is 3.39. The molecule has 1 aromatic carbocycles. The molecule has 0 amide bonds. The van der Waals surface area contributed by atoms with Crippen molar-refractivity contribution < 1.29 is 9.16 Å². The van der Waals surface area contributed by atoms with Crippen LogP contribution in [-0.4, -0.2) is 15.4 Å². The summed E-state index contributed by atoms with van der Waals surface area (Å²) in [6.07, 6.45) is 8.73. The van der Waals surface area contributed by atoms with E-state index < -0.39 is 8.32 Å². The van der Waals surface area contributed by atoms with Crippen LogP contribution in [-0.2, 0) is 10.8 Å². The van der Waals surface area contributed by atoms with Gasteiger partial charge in [0.25, 0.3) is 0 Å². The van der Waals surface area contributed by atoms with Crippen LogP contribution in [0.5, 0.6) is 5.75 Å². The normalized spacial score (nSPS) is 33.8. The quantitative estimate of drug-likeness (QED) is 0.628. The van der Waals surface area contributed by atoms with Crippen molar-refractivity contribution in [2.45, 2.75) is 64.6 Å². The lowest BCUT2D eigenvalue weighted by atomic mass is 9.55. The Kier molecular flexibility index (Phi) is 4.06. The minimum atomic E-state index is -1.54. The van der Waals surface area contributed by atoms with E-state index >= 15 is 0 Å². The average Bonchev–Trinajstić information content (AvgIpc) is 2.89. The molecule has 0 heterocycles. The van der Waals surface area contributed by atoms with Gasteiger partial charge in [0.2, 0.25) is 8.32 Å². The van der Waals surface area contributed by atoms with Crippen molar-refractivity contribution >= 4 is 8.32 Å². The SMILES string of the molecule is COc1ccc2c(c1)CC[C@@H]1[C@@H]2CC[C@]2(C)C(O[Si](C)(C)C)=CC[C@@H]12. The Bertz CT molecular complexity index is 702. The summed E-state index contributed by atoms with van der Waals surface area (Å²) in [4.78, 5) is 0. The molecule has 0 aromatic heterocycles. The highest BCUT2D eigenvalue weighted by molar-refractivity contribution is 6.70. The van der Waals surface area contributed by atoms with Crippen LogP contribution in [0.3, 0.4) is 0 Å². The lowest BCUT2D eigenvalue weighted by Crippen LogP contribution is -2.42. The number of aryl methyl sites for hydroxylation is 1. The summed E-state index contributed by atoms with van der Waals surface area (Å²) in [7, 11) is 0.228. The van der Waals surface area contributed by atoms with Gasteiger partial charge in [0.15, 0.2) is 0 Å². The topological polar surface area (TPSA) is 18.5 Å². The molecule has 3 heteroatoms. The second kappa shape index (κ2) is 5.90. The van der Waals surface area contributed by atoms with Crippen molar-refractivity contribution in [3.63, 3.8) is 0 Å². The van der Waals surface area contributed by atoms with Crippen LogP contribution in [0.4, 0.5) is 0 Å². The zero-order chi connectivity index (χ0) is 17.8. The number of rotatable bonds is 3. The number of methoxy groups -OCH3 is 1. The van der Waals surface area contributed by atoms with Gasteiger partial charge in [-0.25, -0.2) is 0 Å². The number of ether oxygens (including phenoxy) is 1. The predicted molar refractivity (Wildman–Crippen MR) is 106 cm³/mol. The summed E-state index contributed by atoms with van der Waals surface area (Å²) in [5.74, 6) is 4.63. The first-order valence-corrected chi connectivity index (χ1v) is 13.3. The standard InChI is InChI=1S/C22H32O2Si/c1-22-13-12-18-17-9-7-16(23-2)14-15(17)6-8-19(18)20(22)10-11-21(22)24-25(3,4)5/h7,9,11,14,18-20H,6,8,10,12-13H2,1-5H3/t18-,19-,20+,22+/m1/s1. The zero-order valence-corrected chi connectivity index (χ0v) is 17.4. The first-order valence-electron chi connectivity index (χ1n) is 9.88. The van der Waals surface area contributed by atoms with E-state index in [-0.39, 0.29) is 5.41 Å². The molecule has 0 aliphatic heterocycles. The van der Waals surface area contributed by atoms with Gasteiger partial charge in [0, 0.05) is 5.41 Å². The minimum Gasteiger partial charge on any atom is -0.547 e. The Labute approximate surface area is 153 Å². The van der Waals surface area contributed by atoms with E-state index in [2.05, 4.69) is 50.8 Å². The summed E-state index contributed by atoms with van der Waals surface area (Å²) in [6.45, 7) is 9.40. The minimum absolute atomic E-state index is 0.269. The molecule has 136 valence electrons. The fraction of sp³-hybridized carbons (Fsp3) is 0.636. The fourth-order valence-electron chi connectivity index (χ4n) is 5.70. The summed E-state index contributed by atoms with van der Waals surface area (Å²) in [6, 6.07) is 6.77. The molecular weight excluding hydrogens is 324 g/mol. The molecule has 1 fully saturated rings. The first-order chi connectivity index (χ1) is 11.8. The number of fused-ring (bicyclic) bond motifs is 5. The third-order valence-electron chi connectivity index (χ3n) is 6.86. The van der Waals surface area contributed by atoms with Gasteiger partial charge in [-0.1, -0.05) is 13.0 Å². The molecule has 1 saturated carbocycles. The Morgan fingerprint density at radius 1 is 1.16 bits per heavy atom. The maximum Gasteiger partial charge on any atom is 0.241 e. The van der Waals surface area contributed by atoms with Gasteiger partial charge in [0.05, 0.1) is 12.9 Å². The molecule has 0 radical (unpaired) electrons. The van der Waals surface area contributed by atoms with E-state index in [1.54, 1.807) is 12.7 Å². The third kappa shape index (κ3) is 2.85. The van der Waals surface area contributed by atoms with E-state index in [4.69, 9.17) is 9.16 Å². The van der Waals surface area contributed by atoms with Crippen molar-refractivity contribution in [3.8, 4) is 5.75 Å². The lowest BCUT2D eigenvalue weighted by Gasteiger charge is -2.50. The van der Waals surface area contributed by atoms with Crippen LogP contribution in [0, 0.1) is 17.3 Å². The third-order valence-corrected chi connectivity index (χ3v) is 7.69. The van der Waals surface area contributed by atoms with Crippen molar-refractivity contribution in [2.75, 3.05) is 7.11 Å². The molecule has 0 spiro atoms. The molecule has 4 atom stereocenters. The molecule has 0 N–H and O–H groups in total. The highest BCUT2D eigenvalue weighted by Gasteiger charge is 2.53. The van der Waals surface area contributed by atoms with Gasteiger partial charge in [-0.3, -0.25) is 0 Å². The highest BCUT2D eigenvalue weighted by atomic mass is 28.4. The van der Waals surface area contributed by atoms with E-state index in [0.29, 0.717) is 0 Å². The molecule has 25 heavy (non-hydrogen) atoms. The average molecular weight is 357 g/mol. The molecule has 3 aliphatic rings. The Hall–Kier alpha value is -1.22. The maximum atomic E-state index is 6.53. The number of hydrogen-bond donors (Lipinski definition) is 0. The number of hydrogen-bond acceptors (Lipinski definition) is 2. The zero-order valence-electron chi connectivity index (χ0n) is 16.4. The molecule has 1 aromatic rings. The number of allylic oxidation sites excluding steroid dienone is 2. The van der Waals surface area contributed by atoms with Gasteiger partial charge in [-0.2, -0.15) is 0 Å². The van der Waals surface area contributed by atoms with Gasteiger partial charge in [-0.15, -0.1) is 0 Å². The van der Waals surface area contributed by atoms with E-state index in [1.807, 2.05) is 0 Å². The second-order valence-electron chi connectivity index (χ2n) is 9.45. The molecule has 2 nitrogen and oxygen atoms in total. The summed E-state index contributed by atoms with van der Waals surface area (Å²) >= 11 is 0. The number of benzene rings is 1. The van der Waals surface area contributed by atoms with Crippen LogP contribution in [0.25, 0.3) is 0 Å². The smallest absolute Gasteiger partial charge is 0.241 e. The van der Waals surface area contributed by atoms with Gasteiger partial charge in [-0.05, 0) is 98.8 Å². The van der Waals surface area contributed by atoms with E-state index in [9.17, 15) is 0 Å². The Morgan fingerprint density at radius 2 is 1.96 bits per heavy atom. The van der Waals surface area contributed by atoms with Gasteiger partial charge < -0.3 is 9.16 Å². The van der Waals surface area contributed by atoms with Crippen LogP contribution in [0.2, 0.25) is 19.6 Å². The van der Waals surface area contributed by atoms with Crippen LogP contribution >= 0.6 is 0 Å². The van der Waals surface area contributed by atoms with Crippen molar-refractivity contribution in [2.24, 2.45) is 17.3 Å². The van der Waals surface area contributed by atoms with Gasteiger partial charge >= 0.3 is 0 Å². The molecular formula is C22H32O2Si. The monoisotopic (exact) mass is 356 g/mol. The van der Waals surface area contributed by atoms with Crippen LogP contribution < -0.4 is 4.74 Å².